The van der Waals surface area contributed by atoms with Crippen molar-refractivity contribution < 1.29 is 28.0 Å². The van der Waals surface area contributed by atoms with E-state index in [2.05, 4.69) is 19.5 Å². The number of phosphoric acid groups is 1. The van der Waals surface area contributed by atoms with Crippen molar-refractivity contribution >= 4 is 24.8 Å². The monoisotopic (exact) mass is 385 g/mol. The second-order valence-corrected chi connectivity index (χ2v) is 7.89. The number of imidazole rings is 1. The molecule has 2 fully saturated rings. The lowest BCUT2D eigenvalue weighted by Crippen LogP contribution is -2.37. The maximum Gasteiger partial charge on any atom is 0.472 e. The highest BCUT2D eigenvalue weighted by Gasteiger charge is 2.82. The Morgan fingerprint density at radius 3 is 2.88 bits per heavy atom. The summed E-state index contributed by atoms with van der Waals surface area (Å²) >= 11 is 0. The molecule has 2 aromatic rings. The third kappa shape index (κ3) is 2.25. The molecule has 3 heterocycles. The lowest BCUT2D eigenvalue weighted by molar-refractivity contribution is -0.0936. The van der Waals surface area contributed by atoms with Crippen LogP contribution in [0, 0.1) is 0 Å². The van der Waals surface area contributed by atoms with E-state index in [0.717, 1.165) is 7.11 Å². The molecule has 1 saturated carbocycles. The minimum atomic E-state index is -4.24. The van der Waals surface area contributed by atoms with E-state index in [9.17, 15) is 9.46 Å². The molecule has 12 heteroatoms. The number of nitrogens with two attached hydrogens (primary N) is 1. The predicted molar refractivity (Wildman–Crippen MR) is 88.9 cm³/mol. The Morgan fingerprint density at radius 2 is 2.23 bits per heavy atom. The lowest BCUT2D eigenvalue weighted by atomic mass is 10.1. The van der Waals surface area contributed by atoms with Crippen molar-refractivity contribution in [3.8, 4) is 0 Å². The fourth-order valence-corrected chi connectivity index (χ4v) is 4.71. The third-order valence-corrected chi connectivity index (χ3v) is 6.27. The van der Waals surface area contributed by atoms with Crippen LogP contribution in [0.2, 0.25) is 0 Å². The Labute approximate surface area is 149 Å². The summed E-state index contributed by atoms with van der Waals surface area (Å²) in [6, 6.07) is 0. The Morgan fingerprint density at radius 1 is 1.46 bits per heavy atom. The van der Waals surface area contributed by atoms with E-state index in [1.807, 2.05) is 6.92 Å². The van der Waals surface area contributed by atoms with E-state index >= 15 is 0 Å². The van der Waals surface area contributed by atoms with Crippen molar-refractivity contribution in [2.24, 2.45) is 0 Å². The second kappa shape index (κ2) is 5.69. The number of methoxy groups -OCH3 is 1. The lowest BCUT2D eigenvalue weighted by Gasteiger charge is -2.27. The maximum atomic E-state index is 12.1. The highest BCUT2D eigenvalue weighted by atomic mass is 31.2. The summed E-state index contributed by atoms with van der Waals surface area (Å²) in [5, 5.41) is 0. The number of phosphoric ester groups is 1. The molecule has 142 valence electrons. The van der Waals surface area contributed by atoms with Gasteiger partial charge >= 0.3 is 7.82 Å². The Bertz CT molecular complexity index is 907. The maximum absolute atomic E-state index is 12.1. The molecule has 3 N–H and O–H groups in total. The average Bonchev–Trinajstić information content (AvgIpc) is 2.93. The summed E-state index contributed by atoms with van der Waals surface area (Å²) in [7, 11) is -1.63. The van der Waals surface area contributed by atoms with Gasteiger partial charge in [0.2, 0.25) is 0 Å². The van der Waals surface area contributed by atoms with Gasteiger partial charge in [0.25, 0.3) is 0 Å². The zero-order valence-corrected chi connectivity index (χ0v) is 15.4. The van der Waals surface area contributed by atoms with E-state index < -0.39 is 31.4 Å². The molecule has 2 aliphatic rings. The SMILES string of the molecule is CC[C@]12CC1(OP(=O)(O)OC)C(OC)[C@H](n1cnc3c(N)ncnc31)O2. The van der Waals surface area contributed by atoms with Gasteiger partial charge in [-0.25, -0.2) is 19.5 Å². The summed E-state index contributed by atoms with van der Waals surface area (Å²) < 4.78 is 35.8. The van der Waals surface area contributed by atoms with Gasteiger partial charge in [0, 0.05) is 20.6 Å². The van der Waals surface area contributed by atoms with Crippen LogP contribution in [0.5, 0.6) is 0 Å². The highest BCUT2D eigenvalue weighted by molar-refractivity contribution is 7.47. The van der Waals surface area contributed by atoms with Gasteiger partial charge in [0.1, 0.15) is 29.2 Å². The van der Waals surface area contributed by atoms with Crippen LogP contribution in [0.1, 0.15) is 26.0 Å². The summed E-state index contributed by atoms with van der Waals surface area (Å²) in [6.45, 7) is 1.92. The number of anilines is 1. The number of fused-ring (bicyclic) bond motifs is 2. The number of hydrogen-bond donors (Lipinski definition) is 2. The molecule has 3 unspecified atom stereocenters. The Hall–Kier alpha value is -1.62. The Kier molecular flexibility index (Phi) is 3.89. The number of ether oxygens (including phenoxy) is 2. The van der Waals surface area contributed by atoms with Crippen LogP contribution in [0.15, 0.2) is 12.7 Å². The molecule has 1 aliphatic heterocycles. The number of aromatic nitrogens is 4. The summed E-state index contributed by atoms with van der Waals surface area (Å²) in [5.74, 6) is 0.251. The van der Waals surface area contributed by atoms with Gasteiger partial charge in [-0.3, -0.25) is 13.6 Å². The first-order valence-corrected chi connectivity index (χ1v) is 9.55. The molecule has 0 amide bonds. The quantitative estimate of drug-likeness (QED) is 0.691. The molecule has 5 atom stereocenters. The van der Waals surface area contributed by atoms with Gasteiger partial charge in [0.15, 0.2) is 17.7 Å². The first kappa shape index (κ1) is 17.8. The predicted octanol–water partition coefficient (Wildman–Crippen LogP) is 1.01. The number of rotatable bonds is 6. The zero-order chi connectivity index (χ0) is 18.7. The van der Waals surface area contributed by atoms with E-state index in [1.54, 1.807) is 4.57 Å². The van der Waals surface area contributed by atoms with Crippen LogP contribution in [0.4, 0.5) is 5.82 Å². The molecule has 0 radical (unpaired) electrons. The van der Waals surface area contributed by atoms with Crippen LogP contribution < -0.4 is 5.73 Å². The van der Waals surface area contributed by atoms with Gasteiger partial charge in [-0.2, -0.15) is 0 Å². The molecule has 0 aromatic carbocycles. The van der Waals surface area contributed by atoms with E-state index in [-0.39, 0.29) is 5.82 Å². The minimum absolute atomic E-state index is 0.251. The van der Waals surface area contributed by atoms with Crippen LogP contribution in [0.3, 0.4) is 0 Å². The molecule has 26 heavy (non-hydrogen) atoms. The standard InChI is InChI=1S/C14H20N5O6P/c1-4-13-5-14(13,25-26(20,21)23-3)9(22-2)12(24-13)19-7-18-8-10(15)16-6-17-11(8)19/h6-7,9,12H,4-5H2,1-3H3,(H,20,21)(H2,15,16,17)/t9?,12-,13+,14?/m1/s1. The van der Waals surface area contributed by atoms with Crippen molar-refractivity contribution in [3.63, 3.8) is 0 Å². The van der Waals surface area contributed by atoms with Crippen molar-refractivity contribution in [2.45, 2.75) is 43.3 Å². The van der Waals surface area contributed by atoms with Crippen LogP contribution in [-0.2, 0) is 23.1 Å². The van der Waals surface area contributed by atoms with Crippen LogP contribution in [0.25, 0.3) is 11.2 Å². The van der Waals surface area contributed by atoms with Gasteiger partial charge in [-0.05, 0) is 6.42 Å². The molecular formula is C14H20N5O6P. The second-order valence-electron chi connectivity index (χ2n) is 6.40. The molecule has 2 aromatic heterocycles. The third-order valence-electron chi connectivity index (χ3n) is 5.25. The number of nitrogen functional groups attached to an aromatic ring is 1. The van der Waals surface area contributed by atoms with Gasteiger partial charge < -0.3 is 20.1 Å². The van der Waals surface area contributed by atoms with Gasteiger partial charge in [-0.1, -0.05) is 6.92 Å². The molecule has 11 nitrogen and oxygen atoms in total. The van der Waals surface area contributed by atoms with Gasteiger partial charge in [0.05, 0.1) is 6.33 Å². The van der Waals surface area contributed by atoms with Crippen molar-refractivity contribution in [2.75, 3.05) is 20.0 Å². The number of hydrogen-bond acceptors (Lipinski definition) is 9. The van der Waals surface area contributed by atoms with Crippen LogP contribution in [-0.4, -0.2) is 55.9 Å². The normalized spacial score (nSPS) is 35.4. The first-order chi connectivity index (χ1) is 12.3. The van der Waals surface area contributed by atoms with Crippen molar-refractivity contribution in [1.82, 2.24) is 19.5 Å². The summed E-state index contributed by atoms with van der Waals surface area (Å²) in [4.78, 5) is 22.3. The molecule has 1 aliphatic carbocycles. The topological polar surface area (TPSA) is 144 Å². The molecule has 0 bridgehead atoms. The largest absolute Gasteiger partial charge is 0.472 e. The van der Waals surface area contributed by atoms with Gasteiger partial charge in [-0.15, -0.1) is 0 Å². The smallest absolute Gasteiger partial charge is 0.382 e. The zero-order valence-electron chi connectivity index (χ0n) is 14.5. The number of nitrogens with zero attached hydrogens (tertiary/aromatic N) is 4. The fraction of sp³-hybridized carbons (Fsp3) is 0.643. The Balaban J connectivity index is 1.77. The molecule has 1 saturated heterocycles. The molecular weight excluding hydrogens is 365 g/mol. The fourth-order valence-electron chi connectivity index (χ4n) is 3.89. The van der Waals surface area contributed by atoms with Crippen molar-refractivity contribution in [1.29, 1.82) is 0 Å². The minimum Gasteiger partial charge on any atom is -0.382 e. The van der Waals surface area contributed by atoms with E-state index in [1.165, 1.54) is 19.8 Å². The molecule has 0 spiro atoms. The summed E-state index contributed by atoms with van der Waals surface area (Å²) in [5.41, 5.74) is 4.90. The highest BCUT2D eigenvalue weighted by Crippen LogP contribution is 2.71. The van der Waals surface area contributed by atoms with E-state index in [4.69, 9.17) is 19.7 Å². The van der Waals surface area contributed by atoms with Crippen molar-refractivity contribution in [3.05, 3.63) is 12.7 Å². The van der Waals surface area contributed by atoms with E-state index in [0.29, 0.717) is 24.0 Å². The molecule has 4 rings (SSSR count). The summed E-state index contributed by atoms with van der Waals surface area (Å²) in [6.07, 6.45) is 2.52. The van der Waals surface area contributed by atoms with Crippen LogP contribution >= 0.6 is 7.82 Å². The average molecular weight is 385 g/mol. The first-order valence-electron chi connectivity index (χ1n) is 8.06.